The highest BCUT2D eigenvalue weighted by molar-refractivity contribution is 5.92. The minimum Gasteiger partial charge on any atom is -0.480 e. The molecule has 0 unspecified atom stereocenters. The number of carboxylic acids is 1. The Bertz CT molecular complexity index is 575. The molecule has 1 heterocycles. The molecular formula is C18H27N3O3. The zero-order valence-corrected chi connectivity index (χ0v) is 14.7. The molecule has 1 saturated heterocycles. The first-order valence-electron chi connectivity index (χ1n) is 8.36. The van der Waals surface area contributed by atoms with Gasteiger partial charge >= 0.3 is 5.97 Å². The van der Waals surface area contributed by atoms with E-state index in [1.54, 1.807) is 0 Å². The third kappa shape index (κ3) is 5.62. The lowest BCUT2D eigenvalue weighted by Crippen LogP contribution is -2.46. The van der Waals surface area contributed by atoms with Crippen LogP contribution in [-0.4, -0.2) is 66.1 Å². The van der Waals surface area contributed by atoms with Gasteiger partial charge in [0.1, 0.15) is 0 Å². The van der Waals surface area contributed by atoms with E-state index in [9.17, 15) is 9.59 Å². The largest absolute Gasteiger partial charge is 0.480 e. The number of benzene rings is 1. The number of nitrogens with zero attached hydrogens (tertiary/aromatic N) is 2. The number of rotatable bonds is 6. The molecule has 6 heteroatoms. The number of carbonyl (C=O) groups excluding carboxylic acids is 1. The number of anilines is 1. The summed E-state index contributed by atoms with van der Waals surface area (Å²) in [6.45, 7) is 6.10. The molecule has 1 fully saturated rings. The van der Waals surface area contributed by atoms with E-state index in [4.69, 9.17) is 5.11 Å². The van der Waals surface area contributed by atoms with Crippen molar-refractivity contribution in [3.63, 3.8) is 0 Å². The van der Waals surface area contributed by atoms with Crippen LogP contribution in [0.15, 0.2) is 18.2 Å². The van der Waals surface area contributed by atoms with Crippen LogP contribution in [0.5, 0.6) is 0 Å². The van der Waals surface area contributed by atoms with Crippen LogP contribution < -0.4 is 5.32 Å². The van der Waals surface area contributed by atoms with Crippen molar-refractivity contribution in [2.45, 2.75) is 32.7 Å². The molecule has 0 aliphatic carbocycles. The molecule has 1 aliphatic heterocycles. The van der Waals surface area contributed by atoms with Crippen LogP contribution in [0.3, 0.4) is 0 Å². The summed E-state index contributed by atoms with van der Waals surface area (Å²) in [5.41, 5.74) is 3.11. The quantitative estimate of drug-likeness (QED) is 0.829. The van der Waals surface area contributed by atoms with Gasteiger partial charge in [0.05, 0.1) is 13.1 Å². The maximum Gasteiger partial charge on any atom is 0.317 e. The van der Waals surface area contributed by atoms with Gasteiger partial charge in [-0.25, -0.2) is 0 Å². The number of amides is 1. The van der Waals surface area contributed by atoms with Crippen LogP contribution >= 0.6 is 0 Å². The van der Waals surface area contributed by atoms with Gasteiger partial charge in [0.2, 0.25) is 5.91 Å². The second kappa shape index (κ2) is 8.26. The molecule has 0 saturated carbocycles. The lowest BCUT2D eigenvalue weighted by atomic mass is 10.0. The van der Waals surface area contributed by atoms with Crippen molar-refractivity contribution in [3.05, 3.63) is 29.3 Å². The summed E-state index contributed by atoms with van der Waals surface area (Å²) in [6.07, 6.45) is 1.78. The number of nitrogens with one attached hydrogen (secondary N) is 1. The molecule has 1 aromatic carbocycles. The van der Waals surface area contributed by atoms with Gasteiger partial charge in [0.15, 0.2) is 0 Å². The minimum absolute atomic E-state index is 0.00246. The molecule has 1 aromatic rings. The van der Waals surface area contributed by atoms with Gasteiger partial charge in [-0.05, 0) is 57.0 Å². The van der Waals surface area contributed by atoms with Crippen molar-refractivity contribution in [2.75, 3.05) is 38.5 Å². The second-order valence-corrected chi connectivity index (χ2v) is 6.74. The number of aryl methyl sites for hydroxylation is 2. The van der Waals surface area contributed by atoms with Gasteiger partial charge < -0.3 is 10.4 Å². The van der Waals surface area contributed by atoms with Crippen LogP contribution in [0.25, 0.3) is 0 Å². The minimum atomic E-state index is -0.798. The molecule has 6 nitrogen and oxygen atoms in total. The van der Waals surface area contributed by atoms with Crippen molar-refractivity contribution in [1.82, 2.24) is 9.80 Å². The first-order chi connectivity index (χ1) is 11.3. The number of aliphatic carboxylic acids is 1. The van der Waals surface area contributed by atoms with E-state index in [0.717, 1.165) is 42.7 Å². The van der Waals surface area contributed by atoms with E-state index < -0.39 is 5.97 Å². The standard InChI is InChI=1S/C18H27N3O3/c1-13-8-14(2)10-15(9-13)19-17(22)11-21-6-4-16(5-7-21)20(3)12-18(23)24/h8-10,16H,4-7,11-12H2,1-3H3,(H,19,22)(H,23,24). The Hall–Kier alpha value is -1.92. The molecule has 1 aliphatic rings. The van der Waals surface area contributed by atoms with Crippen LogP contribution in [0.4, 0.5) is 5.69 Å². The summed E-state index contributed by atoms with van der Waals surface area (Å²) in [6, 6.07) is 6.30. The van der Waals surface area contributed by atoms with Crippen molar-refractivity contribution >= 4 is 17.6 Å². The highest BCUT2D eigenvalue weighted by Crippen LogP contribution is 2.16. The number of hydrogen-bond donors (Lipinski definition) is 2. The van der Waals surface area contributed by atoms with E-state index in [2.05, 4.69) is 16.3 Å². The zero-order chi connectivity index (χ0) is 17.7. The molecule has 24 heavy (non-hydrogen) atoms. The number of carbonyl (C=O) groups is 2. The lowest BCUT2D eigenvalue weighted by molar-refractivity contribution is -0.138. The predicted molar refractivity (Wildman–Crippen MR) is 94.3 cm³/mol. The Morgan fingerprint density at radius 2 is 1.79 bits per heavy atom. The fraction of sp³-hybridized carbons (Fsp3) is 0.556. The normalized spacial score (nSPS) is 16.3. The van der Waals surface area contributed by atoms with E-state index in [1.165, 1.54) is 0 Å². The monoisotopic (exact) mass is 333 g/mol. The number of likely N-dealkylation sites (N-methyl/N-ethyl adjacent to an activating group) is 1. The summed E-state index contributed by atoms with van der Waals surface area (Å²) in [5, 5.41) is 11.8. The fourth-order valence-corrected chi connectivity index (χ4v) is 3.31. The zero-order valence-electron chi connectivity index (χ0n) is 14.7. The molecule has 0 bridgehead atoms. The van der Waals surface area contributed by atoms with Crippen molar-refractivity contribution in [3.8, 4) is 0 Å². The third-order valence-corrected chi connectivity index (χ3v) is 4.44. The molecule has 0 aromatic heterocycles. The molecule has 1 amide bonds. The summed E-state index contributed by atoms with van der Waals surface area (Å²) in [4.78, 5) is 27.0. The van der Waals surface area contributed by atoms with Crippen LogP contribution in [-0.2, 0) is 9.59 Å². The van der Waals surface area contributed by atoms with E-state index in [0.29, 0.717) is 6.54 Å². The summed E-state index contributed by atoms with van der Waals surface area (Å²) in [5.74, 6) is -0.801. The maximum absolute atomic E-state index is 12.2. The number of piperidine rings is 1. The van der Waals surface area contributed by atoms with Gasteiger partial charge in [-0.15, -0.1) is 0 Å². The lowest BCUT2D eigenvalue weighted by Gasteiger charge is -2.35. The Labute approximate surface area is 143 Å². The van der Waals surface area contributed by atoms with E-state index in [1.807, 2.05) is 37.9 Å². The molecule has 0 radical (unpaired) electrons. The van der Waals surface area contributed by atoms with Gasteiger partial charge in [0, 0.05) is 24.8 Å². The van der Waals surface area contributed by atoms with Crippen molar-refractivity contribution in [1.29, 1.82) is 0 Å². The highest BCUT2D eigenvalue weighted by atomic mass is 16.4. The average Bonchev–Trinajstić information content (AvgIpc) is 2.45. The van der Waals surface area contributed by atoms with E-state index >= 15 is 0 Å². The fourth-order valence-electron chi connectivity index (χ4n) is 3.31. The third-order valence-electron chi connectivity index (χ3n) is 4.44. The number of likely N-dealkylation sites (tertiary alicyclic amines) is 1. The molecule has 132 valence electrons. The molecule has 0 atom stereocenters. The van der Waals surface area contributed by atoms with Gasteiger partial charge in [-0.2, -0.15) is 0 Å². The Morgan fingerprint density at radius 1 is 1.21 bits per heavy atom. The maximum atomic E-state index is 12.2. The molecule has 2 N–H and O–H groups in total. The van der Waals surface area contributed by atoms with Crippen LogP contribution in [0.1, 0.15) is 24.0 Å². The Kier molecular flexibility index (Phi) is 6.34. The number of carboxylic acid groups (broad SMARTS) is 1. The Balaban J connectivity index is 1.79. The summed E-state index contributed by atoms with van der Waals surface area (Å²) in [7, 11) is 1.85. The van der Waals surface area contributed by atoms with Crippen LogP contribution in [0.2, 0.25) is 0 Å². The Morgan fingerprint density at radius 3 is 2.33 bits per heavy atom. The van der Waals surface area contributed by atoms with E-state index in [-0.39, 0.29) is 18.5 Å². The first kappa shape index (κ1) is 18.4. The summed E-state index contributed by atoms with van der Waals surface area (Å²) < 4.78 is 0. The molecule has 2 rings (SSSR count). The highest BCUT2D eigenvalue weighted by Gasteiger charge is 2.24. The van der Waals surface area contributed by atoms with Gasteiger partial charge in [-0.1, -0.05) is 6.07 Å². The molecule has 0 spiro atoms. The number of hydrogen-bond acceptors (Lipinski definition) is 4. The molecular weight excluding hydrogens is 306 g/mol. The van der Waals surface area contributed by atoms with Crippen molar-refractivity contribution < 1.29 is 14.7 Å². The predicted octanol–water partition coefficient (Wildman–Crippen LogP) is 1.72. The SMILES string of the molecule is Cc1cc(C)cc(NC(=O)CN2CCC(N(C)CC(=O)O)CC2)c1. The summed E-state index contributed by atoms with van der Waals surface area (Å²) >= 11 is 0. The van der Waals surface area contributed by atoms with Gasteiger partial charge in [0.25, 0.3) is 0 Å². The average molecular weight is 333 g/mol. The smallest absolute Gasteiger partial charge is 0.317 e. The van der Waals surface area contributed by atoms with Gasteiger partial charge in [-0.3, -0.25) is 19.4 Å². The topological polar surface area (TPSA) is 72.9 Å². The second-order valence-electron chi connectivity index (χ2n) is 6.74. The van der Waals surface area contributed by atoms with Crippen molar-refractivity contribution in [2.24, 2.45) is 0 Å². The van der Waals surface area contributed by atoms with Crippen LogP contribution in [0, 0.1) is 13.8 Å². The first-order valence-corrected chi connectivity index (χ1v) is 8.36.